The van der Waals surface area contributed by atoms with E-state index in [9.17, 15) is 14.4 Å². The van der Waals surface area contributed by atoms with Gasteiger partial charge in [-0.3, -0.25) is 14.4 Å². The van der Waals surface area contributed by atoms with E-state index >= 15 is 0 Å². The van der Waals surface area contributed by atoms with Crippen LogP contribution in [0.1, 0.15) is 37.7 Å². The number of primary amides is 1. The summed E-state index contributed by atoms with van der Waals surface area (Å²) in [6.45, 7) is 0.248. The first-order valence-electron chi connectivity index (χ1n) is 8.85. The molecular weight excluding hydrogens is 336 g/mol. The third-order valence-corrected chi connectivity index (χ3v) is 4.97. The number of esters is 1. The fourth-order valence-corrected chi connectivity index (χ4v) is 3.49. The number of rotatable bonds is 9. The van der Waals surface area contributed by atoms with Crippen LogP contribution >= 0.6 is 0 Å². The number of benzene rings is 1. The molecule has 1 saturated carbocycles. The molecule has 4 unspecified atom stereocenters. The van der Waals surface area contributed by atoms with Crippen LogP contribution in [0, 0.1) is 17.8 Å². The summed E-state index contributed by atoms with van der Waals surface area (Å²) < 4.78 is 5.38. The molecule has 0 aromatic heterocycles. The largest absolute Gasteiger partial charge is 0.480 e. The van der Waals surface area contributed by atoms with E-state index in [1.165, 1.54) is 0 Å². The van der Waals surface area contributed by atoms with E-state index in [0.717, 1.165) is 12.0 Å². The summed E-state index contributed by atoms with van der Waals surface area (Å²) >= 11 is 0. The van der Waals surface area contributed by atoms with E-state index in [1.54, 1.807) is 0 Å². The number of hydrogen-bond donors (Lipinski definition) is 3. The number of carboxylic acid groups (broad SMARTS) is 1. The summed E-state index contributed by atoms with van der Waals surface area (Å²) in [6.07, 6.45) is 2.59. The Morgan fingerprint density at radius 3 is 2.50 bits per heavy atom. The van der Waals surface area contributed by atoms with Crippen molar-refractivity contribution in [3.05, 3.63) is 35.9 Å². The lowest BCUT2D eigenvalue weighted by Gasteiger charge is -2.19. The van der Waals surface area contributed by atoms with Crippen LogP contribution in [0.25, 0.3) is 0 Å². The van der Waals surface area contributed by atoms with Gasteiger partial charge in [-0.25, -0.2) is 0 Å². The van der Waals surface area contributed by atoms with Crippen LogP contribution in [0.2, 0.25) is 0 Å². The standard InChI is InChI=1S/C19H26N2O5/c20-16(18(23)24)10-15(17(21)22)9-13-6-7-14(8-13)19(25)26-11-12-4-2-1-3-5-12/h1-5,13-16H,6-11,20H2,(H2,21,22)(H,23,24). The number of ether oxygens (including phenoxy) is 1. The van der Waals surface area contributed by atoms with E-state index in [1.807, 2.05) is 30.3 Å². The Morgan fingerprint density at radius 2 is 1.88 bits per heavy atom. The van der Waals surface area contributed by atoms with E-state index < -0.39 is 23.8 Å². The lowest BCUT2D eigenvalue weighted by atomic mass is 9.87. The van der Waals surface area contributed by atoms with Crippen molar-refractivity contribution in [3.63, 3.8) is 0 Å². The van der Waals surface area contributed by atoms with Crippen LogP contribution in [0.5, 0.6) is 0 Å². The maximum absolute atomic E-state index is 12.2. The number of carboxylic acids is 1. The molecule has 0 radical (unpaired) electrons. The van der Waals surface area contributed by atoms with Crippen LogP contribution in [-0.4, -0.2) is 29.0 Å². The zero-order valence-electron chi connectivity index (χ0n) is 14.7. The maximum atomic E-state index is 12.2. The molecule has 0 spiro atoms. The van der Waals surface area contributed by atoms with Crippen molar-refractivity contribution in [3.8, 4) is 0 Å². The van der Waals surface area contributed by atoms with Crippen molar-refractivity contribution in [2.45, 2.75) is 44.8 Å². The molecule has 0 aliphatic heterocycles. The summed E-state index contributed by atoms with van der Waals surface area (Å²) in [5.74, 6) is -2.56. The van der Waals surface area contributed by atoms with E-state index in [4.69, 9.17) is 21.3 Å². The summed E-state index contributed by atoms with van der Waals surface area (Å²) in [7, 11) is 0. The molecule has 1 aliphatic rings. The number of carbonyl (C=O) groups is 3. The van der Waals surface area contributed by atoms with Crippen molar-refractivity contribution in [1.82, 2.24) is 0 Å². The van der Waals surface area contributed by atoms with E-state index in [0.29, 0.717) is 19.3 Å². The zero-order valence-corrected chi connectivity index (χ0v) is 14.7. The van der Waals surface area contributed by atoms with Crippen LogP contribution in [0.15, 0.2) is 30.3 Å². The number of carbonyl (C=O) groups excluding carboxylic acids is 2. The Balaban J connectivity index is 1.81. The van der Waals surface area contributed by atoms with Crippen molar-refractivity contribution in [2.24, 2.45) is 29.2 Å². The van der Waals surface area contributed by atoms with Gasteiger partial charge in [-0.2, -0.15) is 0 Å². The maximum Gasteiger partial charge on any atom is 0.320 e. The monoisotopic (exact) mass is 362 g/mol. The quantitative estimate of drug-likeness (QED) is 0.569. The van der Waals surface area contributed by atoms with Gasteiger partial charge >= 0.3 is 11.9 Å². The van der Waals surface area contributed by atoms with Gasteiger partial charge in [0.05, 0.1) is 5.92 Å². The Labute approximate surface area is 152 Å². The second-order valence-corrected chi connectivity index (χ2v) is 6.98. The molecule has 26 heavy (non-hydrogen) atoms. The first kappa shape index (κ1) is 19.9. The Kier molecular flexibility index (Phi) is 7.15. The normalized spacial score (nSPS) is 21.7. The zero-order chi connectivity index (χ0) is 19.1. The molecular formula is C19H26N2O5. The van der Waals surface area contributed by atoms with Crippen molar-refractivity contribution in [1.29, 1.82) is 0 Å². The molecule has 1 fully saturated rings. The summed E-state index contributed by atoms with van der Waals surface area (Å²) in [5, 5.41) is 8.90. The fraction of sp³-hybridized carbons (Fsp3) is 0.526. The minimum atomic E-state index is -1.15. The Hall–Kier alpha value is -2.41. The van der Waals surface area contributed by atoms with Crippen LogP contribution in [0.3, 0.4) is 0 Å². The van der Waals surface area contributed by atoms with Crippen LogP contribution in [-0.2, 0) is 25.7 Å². The predicted octanol–water partition coefficient (Wildman–Crippen LogP) is 1.44. The SMILES string of the molecule is NC(=O)C(CC1CCC(C(=O)OCc2ccccc2)C1)CC(N)C(=O)O. The molecule has 1 amide bonds. The predicted molar refractivity (Wildman–Crippen MR) is 94.6 cm³/mol. The van der Waals surface area contributed by atoms with Crippen LogP contribution < -0.4 is 11.5 Å². The molecule has 7 nitrogen and oxygen atoms in total. The molecule has 0 saturated heterocycles. The third kappa shape index (κ3) is 5.84. The molecule has 7 heteroatoms. The summed E-state index contributed by atoms with van der Waals surface area (Å²) in [6, 6.07) is 8.36. The second-order valence-electron chi connectivity index (χ2n) is 6.98. The lowest BCUT2D eigenvalue weighted by molar-refractivity contribution is -0.149. The number of hydrogen-bond acceptors (Lipinski definition) is 5. The Bertz CT molecular complexity index is 634. The fourth-order valence-electron chi connectivity index (χ4n) is 3.49. The van der Waals surface area contributed by atoms with E-state index in [-0.39, 0.29) is 30.8 Å². The highest BCUT2D eigenvalue weighted by Crippen LogP contribution is 2.36. The highest BCUT2D eigenvalue weighted by atomic mass is 16.5. The molecule has 1 aromatic carbocycles. The van der Waals surface area contributed by atoms with Gasteiger partial charge in [-0.15, -0.1) is 0 Å². The third-order valence-electron chi connectivity index (χ3n) is 4.97. The van der Waals surface area contributed by atoms with Gasteiger partial charge in [0.15, 0.2) is 0 Å². The van der Waals surface area contributed by atoms with E-state index in [2.05, 4.69) is 0 Å². The van der Waals surface area contributed by atoms with Gasteiger partial charge in [-0.05, 0) is 43.6 Å². The average molecular weight is 362 g/mol. The molecule has 1 aromatic rings. The van der Waals surface area contributed by atoms with Crippen LogP contribution in [0.4, 0.5) is 0 Å². The van der Waals surface area contributed by atoms with Crippen molar-refractivity contribution < 1.29 is 24.2 Å². The molecule has 2 rings (SSSR count). The number of nitrogens with two attached hydrogens (primary N) is 2. The first-order valence-corrected chi connectivity index (χ1v) is 8.85. The molecule has 1 aliphatic carbocycles. The van der Waals surface area contributed by atoms with Gasteiger partial charge < -0.3 is 21.3 Å². The van der Waals surface area contributed by atoms with Gasteiger partial charge in [0.1, 0.15) is 12.6 Å². The minimum Gasteiger partial charge on any atom is -0.480 e. The molecule has 142 valence electrons. The summed E-state index contributed by atoms with van der Waals surface area (Å²) in [5.41, 5.74) is 11.8. The first-order chi connectivity index (χ1) is 12.4. The second kappa shape index (κ2) is 9.33. The van der Waals surface area contributed by atoms with Gasteiger partial charge in [-0.1, -0.05) is 30.3 Å². The molecule has 0 bridgehead atoms. The highest BCUT2D eigenvalue weighted by molar-refractivity contribution is 5.79. The average Bonchev–Trinajstić information content (AvgIpc) is 3.08. The topological polar surface area (TPSA) is 133 Å². The Morgan fingerprint density at radius 1 is 1.19 bits per heavy atom. The van der Waals surface area contributed by atoms with Crippen molar-refractivity contribution in [2.75, 3.05) is 0 Å². The van der Waals surface area contributed by atoms with Gasteiger partial charge in [0.25, 0.3) is 0 Å². The number of amides is 1. The smallest absolute Gasteiger partial charge is 0.320 e. The highest BCUT2D eigenvalue weighted by Gasteiger charge is 2.34. The van der Waals surface area contributed by atoms with Gasteiger partial charge in [0, 0.05) is 5.92 Å². The molecule has 0 heterocycles. The van der Waals surface area contributed by atoms with Crippen molar-refractivity contribution >= 4 is 17.8 Å². The molecule has 5 N–H and O–H groups in total. The molecule has 4 atom stereocenters. The number of aliphatic carboxylic acids is 1. The van der Waals surface area contributed by atoms with Gasteiger partial charge in [0.2, 0.25) is 5.91 Å². The lowest BCUT2D eigenvalue weighted by Crippen LogP contribution is -2.37. The summed E-state index contributed by atoms with van der Waals surface area (Å²) in [4.78, 5) is 34.7. The minimum absolute atomic E-state index is 0.0181.